The van der Waals surface area contributed by atoms with Crippen molar-refractivity contribution < 1.29 is 4.79 Å². The molecule has 0 aliphatic heterocycles. The van der Waals surface area contributed by atoms with Crippen LogP contribution in [0.25, 0.3) is 0 Å². The van der Waals surface area contributed by atoms with Gasteiger partial charge in [0.1, 0.15) is 11.6 Å². The van der Waals surface area contributed by atoms with Crippen molar-refractivity contribution in [2.24, 2.45) is 0 Å². The minimum atomic E-state index is 0.00354. The summed E-state index contributed by atoms with van der Waals surface area (Å²) in [6, 6.07) is 1.59. The van der Waals surface area contributed by atoms with Crippen LogP contribution in [-0.4, -0.2) is 42.5 Å². The van der Waals surface area contributed by atoms with Gasteiger partial charge in [0, 0.05) is 20.1 Å². The molecule has 0 saturated heterocycles. The molecule has 7 heteroatoms. The zero-order valence-corrected chi connectivity index (χ0v) is 12.8. The molecule has 1 aromatic rings. The van der Waals surface area contributed by atoms with Crippen molar-refractivity contribution in [3.8, 4) is 0 Å². The molecule has 0 aliphatic rings. The molecule has 0 saturated carbocycles. The van der Waals surface area contributed by atoms with Gasteiger partial charge in [0.05, 0.1) is 16.6 Å². The lowest BCUT2D eigenvalue weighted by atomic mass is 10.4. The Morgan fingerprint density at radius 2 is 1.84 bits per heavy atom. The summed E-state index contributed by atoms with van der Waals surface area (Å²) in [7, 11) is 1.72. The molecule has 1 heterocycles. The molecule has 19 heavy (non-hydrogen) atoms. The first-order chi connectivity index (χ1) is 9.03. The van der Waals surface area contributed by atoms with E-state index in [2.05, 4.69) is 15.6 Å². The number of likely N-dealkylation sites (N-methyl/N-ethyl adjacent to an activating group) is 1. The molecule has 0 fully saturated rings. The van der Waals surface area contributed by atoms with Crippen molar-refractivity contribution in [3.05, 3.63) is 16.1 Å². The molecular weight excluding hydrogens is 287 g/mol. The summed E-state index contributed by atoms with van der Waals surface area (Å²) in [4.78, 5) is 17.8. The summed E-state index contributed by atoms with van der Waals surface area (Å²) in [5.74, 6) is 0.962. The van der Waals surface area contributed by atoms with Crippen molar-refractivity contribution in [3.63, 3.8) is 0 Å². The van der Waals surface area contributed by atoms with E-state index >= 15 is 0 Å². The number of nitrogens with one attached hydrogen (secondary N) is 2. The highest BCUT2D eigenvalue weighted by Gasteiger charge is 2.12. The summed E-state index contributed by atoms with van der Waals surface area (Å²) in [5, 5.41) is 6.61. The van der Waals surface area contributed by atoms with E-state index in [-0.39, 0.29) is 12.5 Å². The molecule has 0 bridgehead atoms. The average molecular weight is 305 g/mol. The molecule has 0 radical (unpaired) electrons. The van der Waals surface area contributed by atoms with Crippen LogP contribution < -0.4 is 10.6 Å². The molecule has 0 spiro atoms. The summed E-state index contributed by atoms with van der Waals surface area (Å²) in [6.45, 7) is 5.39. The first-order valence-corrected chi connectivity index (χ1v) is 6.84. The largest absolute Gasteiger partial charge is 0.372 e. The van der Waals surface area contributed by atoms with Gasteiger partial charge < -0.3 is 15.5 Å². The molecule has 1 amide bonds. The van der Waals surface area contributed by atoms with Gasteiger partial charge in [-0.05, 0) is 19.9 Å². The fourth-order valence-electron chi connectivity index (χ4n) is 1.61. The summed E-state index contributed by atoms with van der Waals surface area (Å²) in [5.41, 5.74) is 0. The Labute approximate surface area is 123 Å². The zero-order chi connectivity index (χ0) is 14.4. The quantitative estimate of drug-likeness (QED) is 0.848. The van der Waals surface area contributed by atoms with Gasteiger partial charge in [-0.1, -0.05) is 23.2 Å². The number of carbonyl (C=O) groups excluding carboxylic acids is 1. The van der Waals surface area contributed by atoms with E-state index in [0.29, 0.717) is 34.8 Å². The van der Waals surface area contributed by atoms with Gasteiger partial charge in [-0.3, -0.25) is 4.79 Å². The van der Waals surface area contributed by atoms with Crippen LogP contribution >= 0.6 is 23.2 Å². The number of rotatable bonds is 6. The second-order valence-corrected chi connectivity index (χ2v) is 4.63. The number of halogens is 2. The third-order valence-corrected chi connectivity index (χ3v) is 3.27. The van der Waals surface area contributed by atoms with Crippen molar-refractivity contribution >= 4 is 40.7 Å². The van der Waals surface area contributed by atoms with E-state index in [9.17, 15) is 4.79 Å². The summed E-state index contributed by atoms with van der Waals surface area (Å²) < 4.78 is 0. The first-order valence-electron chi connectivity index (χ1n) is 6.08. The number of hydrogen-bond donors (Lipinski definition) is 2. The molecular formula is C12H18Cl2N4O. The third kappa shape index (κ3) is 4.14. The van der Waals surface area contributed by atoms with Gasteiger partial charge in [0.15, 0.2) is 0 Å². The predicted octanol–water partition coefficient (Wildman–Crippen LogP) is 2.71. The fourth-order valence-corrected chi connectivity index (χ4v) is 2.13. The molecule has 5 nitrogen and oxygen atoms in total. The Hall–Kier alpha value is -1.20. The lowest BCUT2D eigenvalue weighted by Gasteiger charge is -2.19. The molecule has 0 unspecified atom stereocenters. The van der Waals surface area contributed by atoms with Gasteiger partial charge >= 0.3 is 0 Å². The van der Waals surface area contributed by atoms with Gasteiger partial charge in [-0.15, -0.1) is 0 Å². The smallest absolute Gasteiger partial charge is 0.241 e. The molecule has 0 aliphatic carbocycles. The Kier molecular flexibility index (Phi) is 6.18. The van der Waals surface area contributed by atoms with Crippen LogP contribution in [0.15, 0.2) is 6.07 Å². The highest BCUT2D eigenvalue weighted by atomic mass is 35.5. The van der Waals surface area contributed by atoms with Crippen LogP contribution in [0, 0.1) is 0 Å². The second kappa shape index (κ2) is 7.40. The zero-order valence-electron chi connectivity index (χ0n) is 11.3. The Morgan fingerprint density at radius 3 is 2.37 bits per heavy atom. The standard InChI is InChI=1S/C12H18Cl2N4O/c1-4-18(5-2)10(19)7-16-12-9(14)6-8(13)11(15-3)17-12/h6H,4-5,7H2,1-3H3,(H2,15,16,17). The third-order valence-electron chi connectivity index (χ3n) is 2.69. The Bertz CT molecular complexity index is 450. The number of anilines is 2. The first kappa shape index (κ1) is 15.9. The predicted molar refractivity (Wildman–Crippen MR) is 80.2 cm³/mol. The highest BCUT2D eigenvalue weighted by molar-refractivity contribution is 6.37. The Balaban J connectivity index is 2.75. The van der Waals surface area contributed by atoms with E-state index in [1.807, 2.05) is 13.8 Å². The highest BCUT2D eigenvalue weighted by Crippen LogP contribution is 2.28. The van der Waals surface area contributed by atoms with Crippen molar-refractivity contribution in [2.45, 2.75) is 13.8 Å². The normalized spacial score (nSPS) is 10.2. The topological polar surface area (TPSA) is 57.3 Å². The number of aromatic nitrogens is 1. The van der Waals surface area contributed by atoms with Crippen molar-refractivity contribution in [1.29, 1.82) is 0 Å². The number of carbonyl (C=O) groups is 1. The summed E-state index contributed by atoms with van der Waals surface area (Å²) >= 11 is 12.0. The van der Waals surface area contributed by atoms with Crippen molar-refractivity contribution in [2.75, 3.05) is 37.3 Å². The number of nitrogens with zero attached hydrogens (tertiary/aromatic N) is 2. The molecule has 0 aromatic carbocycles. The minimum Gasteiger partial charge on any atom is -0.372 e. The minimum absolute atomic E-state index is 0.00354. The number of pyridine rings is 1. The molecule has 2 N–H and O–H groups in total. The lowest BCUT2D eigenvalue weighted by molar-refractivity contribution is -0.128. The van der Waals surface area contributed by atoms with Crippen LogP contribution in [0.3, 0.4) is 0 Å². The van der Waals surface area contributed by atoms with Gasteiger partial charge in [0.2, 0.25) is 5.91 Å². The fraction of sp³-hybridized carbons (Fsp3) is 0.500. The Morgan fingerprint density at radius 1 is 1.26 bits per heavy atom. The maximum absolute atomic E-state index is 11.9. The number of hydrogen-bond acceptors (Lipinski definition) is 4. The average Bonchev–Trinajstić information content (AvgIpc) is 2.39. The molecule has 0 atom stereocenters. The monoisotopic (exact) mass is 304 g/mol. The second-order valence-electron chi connectivity index (χ2n) is 3.82. The van der Waals surface area contributed by atoms with Crippen LogP contribution in [0.5, 0.6) is 0 Å². The van der Waals surface area contributed by atoms with E-state index in [0.717, 1.165) is 0 Å². The van der Waals surface area contributed by atoms with Crippen molar-refractivity contribution in [1.82, 2.24) is 9.88 Å². The van der Waals surface area contributed by atoms with E-state index < -0.39 is 0 Å². The van der Waals surface area contributed by atoms with Gasteiger partial charge in [0.25, 0.3) is 0 Å². The van der Waals surface area contributed by atoms with Crippen LogP contribution in [0.2, 0.25) is 10.0 Å². The number of amides is 1. The maximum atomic E-state index is 11.9. The van der Waals surface area contributed by atoms with E-state index in [4.69, 9.17) is 23.2 Å². The molecule has 1 rings (SSSR count). The van der Waals surface area contributed by atoms with Crippen LogP contribution in [-0.2, 0) is 4.79 Å². The maximum Gasteiger partial charge on any atom is 0.241 e. The molecule has 1 aromatic heterocycles. The van der Waals surface area contributed by atoms with E-state index in [1.165, 1.54) is 0 Å². The van der Waals surface area contributed by atoms with Crippen LogP contribution in [0.4, 0.5) is 11.6 Å². The lowest BCUT2D eigenvalue weighted by Crippen LogP contribution is -2.35. The van der Waals surface area contributed by atoms with Gasteiger partial charge in [-0.25, -0.2) is 4.98 Å². The van der Waals surface area contributed by atoms with E-state index in [1.54, 1.807) is 18.0 Å². The molecule has 106 valence electrons. The summed E-state index contributed by atoms with van der Waals surface area (Å²) in [6.07, 6.45) is 0. The van der Waals surface area contributed by atoms with Gasteiger partial charge in [-0.2, -0.15) is 0 Å². The van der Waals surface area contributed by atoms with Crippen LogP contribution in [0.1, 0.15) is 13.8 Å². The SMILES string of the molecule is CCN(CC)C(=O)CNc1nc(NC)c(Cl)cc1Cl.